The summed E-state index contributed by atoms with van der Waals surface area (Å²) >= 11 is 0. The second-order valence-electron chi connectivity index (χ2n) is 5.16. The predicted molar refractivity (Wildman–Crippen MR) is 76.1 cm³/mol. The Morgan fingerprint density at radius 3 is 2.95 bits per heavy atom. The van der Waals surface area contributed by atoms with E-state index in [-0.39, 0.29) is 0 Å². The minimum atomic E-state index is 0.389. The average Bonchev–Trinajstić information content (AvgIpc) is 2.49. The van der Waals surface area contributed by atoms with Crippen molar-refractivity contribution in [2.24, 2.45) is 0 Å². The van der Waals surface area contributed by atoms with Gasteiger partial charge in [0.15, 0.2) is 5.82 Å². The van der Waals surface area contributed by atoms with Crippen LogP contribution in [0.2, 0.25) is 0 Å². The number of methoxy groups -OCH3 is 1. The van der Waals surface area contributed by atoms with Crippen molar-refractivity contribution in [2.45, 2.75) is 26.0 Å². The number of rotatable bonds is 3. The molecule has 0 bridgehead atoms. The van der Waals surface area contributed by atoms with Gasteiger partial charge in [0.25, 0.3) is 0 Å². The van der Waals surface area contributed by atoms with Crippen LogP contribution in [0.1, 0.15) is 19.2 Å². The largest absolute Gasteiger partial charge is 0.384 e. The van der Waals surface area contributed by atoms with Gasteiger partial charge in [-0.25, -0.2) is 9.97 Å². The zero-order valence-electron chi connectivity index (χ0n) is 12.0. The van der Waals surface area contributed by atoms with Gasteiger partial charge in [-0.3, -0.25) is 0 Å². The number of likely N-dealkylation sites (N-methyl/N-ethyl adjacent to an activating group) is 1. The lowest BCUT2D eigenvalue weighted by Crippen LogP contribution is -2.38. The van der Waals surface area contributed by atoms with Crippen molar-refractivity contribution in [3.63, 3.8) is 0 Å². The van der Waals surface area contributed by atoms with E-state index in [1.54, 1.807) is 7.11 Å². The van der Waals surface area contributed by atoms with Gasteiger partial charge in [0.05, 0.1) is 0 Å². The van der Waals surface area contributed by atoms with Crippen molar-refractivity contribution in [3.8, 4) is 0 Å². The van der Waals surface area contributed by atoms with Crippen molar-refractivity contribution in [3.05, 3.63) is 11.9 Å². The topological polar surface area (TPSA) is 67.5 Å². The van der Waals surface area contributed by atoms with Crippen LogP contribution in [0.4, 0.5) is 11.6 Å². The summed E-state index contributed by atoms with van der Waals surface area (Å²) in [6.45, 7) is 5.75. The standard InChI is InChI=1S/C13H23N5O/c1-10-8-17(2)5-4-6-18(10)13-7-11(14)15-12(16-13)9-19-3/h7,10H,4-6,8-9H2,1-3H3,(H2,14,15,16). The molecule has 106 valence electrons. The van der Waals surface area contributed by atoms with Gasteiger partial charge in [-0.05, 0) is 26.9 Å². The van der Waals surface area contributed by atoms with Gasteiger partial charge >= 0.3 is 0 Å². The van der Waals surface area contributed by atoms with Crippen molar-refractivity contribution in [1.29, 1.82) is 0 Å². The van der Waals surface area contributed by atoms with E-state index in [1.807, 2.05) is 6.07 Å². The quantitative estimate of drug-likeness (QED) is 0.869. The van der Waals surface area contributed by atoms with Crippen molar-refractivity contribution < 1.29 is 4.74 Å². The van der Waals surface area contributed by atoms with Gasteiger partial charge in [-0.1, -0.05) is 0 Å². The molecule has 1 unspecified atom stereocenters. The van der Waals surface area contributed by atoms with E-state index < -0.39 is 0 Å². The lowest BCUT2D eigenvalue weighted by Gasteiger charge is -2.29. The van der Waals surface area contributed by atoms with Crippen LogP contribution in [0.5, 0.6) is 0 Å². The molecule has 2 rings (SSSR count). The van der Waals surface area contributed by atoms with E-state index in [0.717, 1.165) is 31.9 Å². The van der Waals surface area contributed by atoms with E-state index in [2.05, 4.69) is 33.7 Å². The first-order valence-electron chi connectivity index (χ1n) is 6.67. The number of nitrogens with zero attached hydrogens (tertiary/aromatic N) is 4. The highest BCUT2D eigenvalue weighted by molar-refractivity contribution is 5.48. The molecular formula is C13H23N5O. The highest BCUT2D eigenvalue weighted by Crippen LogP contribution is 2.20. The molecule has 1 aliphatic rings. The molecule has 1 atom stereocenters. The number of aromatic nitrogens is 2. The summed E-state index contributed by atoms with van der Waals surface area (Å²) < 4.78 is 5.09. The van der Waals surface area contributed by atoms with Crippen LogP contribution < -0.4 is 10.6 Å². The third kappa shape index (κ3) is 3.54. The minimum Gasteiger partial charge on any atom is -0.384 e. The molecule has 1 aliphatic heterocycles. The Bertz CT molecular complexity index is 425. The molecule has 1 fully saturated rings. The lowest BCUT2D eigenvalue weighted by atomic mass is 10.2. The zero-order chi connectivity index (χ0) is 13.8. The molecule has 1 saturated heterocycles. The van der Waals surface area contributed by atoms with Crippen molar-refractivity contribution in [2.75, 3.05) is 44.4 Å². The second kappa shape index (κ2) is 6.16. The molecule has 0 amide bonds. The highest BCUT2D eigenvalue weighted by Gasteiger charge is 2.21. The first kappa shape index (κ1) is 14.0. The van der Waals surface area contributed by atoms with Gasteiger partial charge < -0.3 is 20.3 Å². The van der Waals surface area contributed by atoms with Crippen LogP contribution >= 0.6 is 0 Å². The third-order valence-corrected chi connectivity index (χ3v) is 3.39. The number of ether oxygens (including phenoxy) is 1. The predicted octanol–water partition coefficient (Wildman–Crippen LogP) is 0.736. The van der Waals surface area contributed by atoms with Crippen LogP contribution in [-0.2, 0) is 11.3 Å². The molecule has 6 nitrogen and oxygen atoms in total. The molecule has 0 saturated carbocycles. The van der Waals surface area contributed by atoms with E-state index in [9.17, 15) is 0 Å². The van der Waals surface area contributed by atoms with Gasteiger partial charge in [-0.2, -0.15) is 0 Å². The van der Waals surface area contributed by atoms with Gasteiger partial charge in [0.1, 0.15) is 18.2 Å². The summed E-state index contributed by atoms with van der Waals surface area (Å²) in [5.74, 6) is 2.05. The van der Waals surface area contributed by atoms with E-state index >= 15 is 0 Å². The molecule has 0 aromatic carbocycles. The van der Waals surface area contributed by atoms with Crippen LogP contribution in [0.3, 0.4) is 0 Å². The molecule has 0 aliphatic carbocycles. The highest BCUT2D eigenvalue weighted by atomic mass is 16.5. The number of nitrogen functional groups attached to an aromatic ring is 1. The number of anilines is 2. The first-order chi connectivity index (χ1) is 9.10. The van der Waals surface area contributed by atoms with Crippen molar-refractivity contribution >= 4 is 11.6 Å². The fourth-order valence-corrected chi connectivity index (χ4v) is 2.56. The molecule has 1 aromatic rings. The van der Waals surface area contributed by atoms with E-state index in [1.165, 1.54) is 0 Å². The molecule has 2 N–H and O–H groups in total. The van der Waals surface area contributed by atoms with Gasteiger partial charge in [0, 0.05) is 32.3 Å². The smallest absolute Gasteiger partial charge is 0.158 e. The summed E-state index contributed by atoms with van der Waals surface area (Å²) in [5.41, 5.74) is 5.86. The molecule has 0 spiro atoms. The minimum absolute atomic E-state index is 0.389. The fraction of sp³-hybridized carbons (Fsp3) is 0.692. The van der Waals surface area contributed by atoms with Crippen LogP contribution in [0.25, 0.3) is 0 Å². The van der Waals surface area contributed by atoms with Crippen molar-refractivity contribution in [1.82, 2.24) is 14.9 Å². The third-order valence-electron chi connectivity index (χ3n) is 3.39. The number of hydrogen-bond acceptors (Lipinski definition) is 6. The molecule has 2 heterocycles. The number of nitrogens with two attached hydrogens (primary N) is 1. The maximum atomic E-state index is 5.86. The Morgan fingerprint density at radius 1 is 1.42 bits per heavy atom. The Morgan fingerprint density at radius 2 is 2.21 bits per heavy atom. The zero-order valence-corrected chi connectivity index (χ0v) is 12.0. The summed E-state index contributed by atoms with van der Waals surface area (Å²) in [7, 11) is 3.79. The van der Waals surface area contributed by atoms with E-state index in [4.69, 9.17) is 10.5 Å². The molecule has 6 heteroatoms. The van der Waals surface area contributed by atoms with Crippen LogP contribution in [0, 0.1) is 0 Å². The monoisotopic (exact) mass is 265 g/mol. The maximum Gasteiger partial charge on any atom is 0.158 e. The normalized spacial score (nSPS) is 21.4. The Kier molecular flexibility index (Phi) is 4.55. The summed E-state index contributed by atoms with van der Waals surface area (Å²) in [4.78, 5) is 13.4. The van der Waals surface area contributed by atoms with Crippen LogP contribution in [-0.4, -0.2) is 54.7 Å². The Balaban J connectivity index is 2.24. The average molecular weight is 265 g/mol. The molecule has 1 aromatic heterocycles. The van der Waals surface area contributed by atoms with Gasteiger partial charge in [0.2, 0.25) is 0 Å². The Hall–Kier alpha value is -1.40. The molecule has 0 radical (unpaired) electrons. The second-order valence-corrected chi connectivity index (χ2v) is 5.16. The molecular weight excluding hydrogens is 242 g/mol. The van der Waals surface area contributed by atoms with Gasteiger partial charge in [-0.15, -0.1) is 0 Å². The number of hydrogen-bond donors (Lipinski definition) is 1. The Labute approximate surface area is 114 Å². The fourth-order valence-electron chi connectivity index (χ4n) is 2.56. The lowest BCUT2D eigenvalue weighted by molar-refractivity contribution is 0.178. The SMILES string of the molecule is COCc1nc(N)cc(N2CCCN(C)CC2C)n1. The van der Waals surface area contributed by atoms with E-state index in [0.29, 0.717) is 24.3 Å². The summed E-state index contributed by atoms with van der Waals surface area (Å²) in [6, 6.07) is 2.26. The maximum absolute atomic E-state index is 5.86. The first-order valence-corrected chi connectivity index (χ1v) is 6.67. The van der Waals surface area contributed by atoms with Crippen LogP contribution in [0.15, 0.2) is 6.07 Å². The molecule has 19 heavy (non-hydrogen) atoms. The summed E-state index contributed by atoms with van der Waals surface area (Å²) in [5, 5.41) is 0. The summed E-state index contributed by atoms with van der Waals surface area (Å²) in [6.07, 6.45) is 1.13.